The van der Waals surface area contributed by atoms with Crippen LogP contribution in [0, 0.1) is 6.92 Å². The standard InChI is InChI=1S/C15H18N2OS/c1-12-4-2-3-5-14(12)15-16-13(11-19-15)10-17-6-8-18-9-7-17/h2-5,11H,6-10H2,1H3. The monoisotopic (exact) mass is 274 g/mol. The highest BCUT2D eigenvalue weighted by Crippen LogP contribution is 2.27. The van der Waals surface area contributed by atoms with Crippen molar-refractivity contribution in [1.29, 1.82) is 0 Å². The predicted molar refractivity (Wildman–Crippen MR) is 78.4 cm³/mol. The first-order chi connectivity index (χ1) is 9.33. The van der Waals surface area contributed by atoms with Gasteiger partial charge in [0.2, 0.25) is 0 Å². The van der Waals surface area contributed by atoms with Gasteiger partial charge in [-0.3, -0.25) is 4.90 Å². The number of rotatable bonds is 3. The Hall–Kier alpha value is -1.23. The molecule has 0 aliphatic carbocycles. The smallest absolute Gasteiger partial charge is 0.123 e. The van der Waals surface area contributed by atoms with Crippen LogP contribution in [0.1, 0.15) is 11.3 Å². The topological polar surface area (TPSA) is 25.4 Å². The summed E-state index contributed by atoms with van der Waals surface area (Å²) in [7, 11) is 0. The van der Waals surface area contributed by atoms with Crippen LogP contribution in [0.2, 0.25) is 0 Å². The molecule has 0 spiro atoms. The summed E-state index contributed by atoms with van der Waals surface area (Å²) in [6, 6.07) is 8.43. The number of benzene rings is 1. The van der Waals surface area contributed by atoms with Crippen molar-refractivity contribution in [1.82, 2.24) is 9.88 Å². The lowest BCUT2D eigenvalue weighted by Crippen LogP contribution is -2.35. The van der Waals surface area contributed by atoms with Gasteiger partial charge in [0.1, 0.15) is 5.01 Å². The molecule has 1 fully saturated rings. The number of ether oxygens (including phenoxy) is 1. The SMILES string of the molecule is Cc1ccccc1-c1nc(CN2CCOCC2)cs1. The second-order valence-electron chi connectivity index (χ2n) is 4.85. The molecular formula is C15H18N2OS. The first-order valence-corrected chi connectivity index (χ1v) is 7.51. The van der Waals surface area contributed by atoms with E-state index in [1.165, 1.54) is 16.8 Å². The molecule has 1 aliphatic heterocycles. The average Bonchev–Trinajstić information content (AvgIpc) is 2.89. The predicted octanol–water partition coefficient (Wildman–Crippen LogP) is 2.95. The Bertz CT molecular complexity index is 547. The van der Waals surface area contributed by atoms with E-state index >= 15 is 0 Å². The van der Waals surface area contributed by atoms with E-state index in [9.17, 15) is 0 Å². The number of morpholine rings is 1. The summed E-state index contributed by atoms with van der Waals surface area (Å²) in [6.45, 7) is 6.78. The number of thiazole rings is 1. The Balaban J connectivity index is 1.74. The zero-order chi connectivity index (χ0) is 13.1. The van der Waals surface area contributed by atoms with E-state index in [1.54, 1.807) is 11.3 Å². The second-order valence-corrected chi connectivity index (χ2v) is 5.71. The molecule has 19 heavy (non-hydrogen) atoms. The summed E-state index contributed by atoms with van der Waals surface area (Å²) in [6.07, 6.45) is 0. The van der Waals surface area contributed by atoms with E-state index in [1.807, 2.05) is 0 Å². The van der Waals surface area contributed by atoms with Gasteiger partial charge in [-0.25, -0.2) is 4.98 Å². The normalized spacial score (nSPS) is 16.7. The van der Waals surface area contributed by atoms with Crippen LogP contribution in [0.15, 0.2) is 29.6 Å². The molecule has 2 heterocycles. The van der Waals surface area contributed by atoms with Gasteiger partial charge in [-0.05, 0) is 12.5 Å². The quantitative estimate of drug-likeness (QED) is 0.860. The average molecular weight is 274 g/mol. The molecule has 4 heteroatoms. The molecule has 0 amide bonds. The number of aryl methyl sites for hydroxylation is 1. The third kappa shape index (κ3) is 3.03. The minimum absolute atomic E-state index is 0.842. The maximum absolute atomic E-state index is 5.37. The lowest BCUT2D eigenvalue weighted by atomic mass is 10.1. The molecule has 3 rings (SSSR count). The van der Waals surface area contributed by atoms with Crippen LogP contribution in [0.4, 0.5) is 0 Å². The fraction of sp³-hybridized carbons (Fsp3) is 0.400. The molecule has 2 aromatic rings. The van der Waals surface area contributed by atoms with Crippen molar-refractivity contribution in [3.05, 3.63) is 40.9 Å². The summed E-state index contributed by atoms with van der Waals surface area (Å²) in [4.78, 5) is 7.17. The van der Waals surface area contributed by atoms with Gasteiger partial charge in [0, 0.05) is 30.6 Å². The van der Waals surface area contributed by atoms with Crippen molar-refractivity contribution < 1.29 is 4.74 Å². The minimum Gasteiger partial charge on any atom is -0.379 e. The highest BCUT2D eigenvalue weighted by Gasteiger charge is 2.13. The highest BCUT2D eigenvalue weighted by atomic mass is 32.1. The highest BCUT2D eigenvalue weighted by molar-refractivity contribution is 7.13. The van der Waals surface area contributed by atoms with E-state index in [0.717, 1.165) is 37.9 Å². The first-order valence-electron chi connectivity index (χ1n) is 6.63. The molecule has 1 aliphatic rings. The van der Waals surface area contributed by atoms with Gasteiger partial charge in [-0.15, -0.1) is 11.3 Å². The van der Waals surface area contributed by atoms with Crippen molar-refractivity contribution in [2.75, 3.05) is 26.3 Å². The molecule has 3 nitrogen and oxygen atoms in total. The summed E-state index contributed by atoms with van der Waals surface area (Å²) in [5.74, 6) is 0. The van der Waals surface area contributed by atoms with Gasteiger partial charge in [0.05, 0.1) is 18.9 Å². The van der Waals surface area contributed by atoms with Crippen LogP contribution in [-0.2, 0) is 11.3 Å². The molecule has 1 aromatic carbocycles. The number of nitrogens with zero attached hydrogens (tertiary/aromatic N) is 2. The van der Waals surface area contributed by atoms with Gasteiger partial charge in [-0.2, -0.15) is 0 Å². The Morgan fingerprint density at radius 2 is 2.05 bits per heavy atom. The Labute approximate surface area is 117 Å². The molecule has 100 valence electrons. The zero-order valence-corrected chi connectivity index (χ0v) is 11.9. The van der Waals surface area contributed by atoms with Gasteiger partial charge in [0.25, 0.3) is 0 Å². The Morgan fingerprint density at radius 3 is 2.84 bits per heavy atom. The second kappa shape index (κ2) is 5.82. The summed E-state index contributed by atoms with van der Waals surface area (Å²) in [5, 5.41) is 3.30. The van der Waals surface area contributed by atoms with Crippen LogP contribution in [0.5, 0.6) is 0 Å². The summed E-state index contributed by atoms with van der Waals surface area (Å²) >= 11 is 1.74. The van der Waals surface area contributed by atoms with Gasteiger partial charge in [0.15, 0.2) is 0 Å². The van der Waals surface area contributed by atoms with Crippen LogP contribution in [-0.4, -0.2) is 36.2 Å². The maximum Gasteiger partial charge on any atom is 0.123 e. The van der Waals surface area contributed by atoms with Crippen LogP contribution >= 0.6 is 11.3 Å². The van der Waals surface area contributed by atoms with Crippen molar-refractivity contribution >= 4 is 11.3 Å². The molecule has 0 bridgehead atoms. The van der Waals surface area contributed by atoms with E-state index in [2.05, 4.69) is 41.5 Å². The van der Waals surface area contributed by atoms with Crippen molar-refractivity contribution in [2.45, 2.75) is 13.5 Å². The maximum atomic E-state index is 5.37. The minimum atomic E-state index is 0.842. The van der Waals surface area contributed by atoms with E-state index in [0.29, 0.717) is 0 Å². The largest absolute Gasteiger partial charge is 0.379 e. The molecule has 1 aromatic heterocycles. The van der Waals surface area contributed by atoms with Crippen LogP contribution < -0.4 is 0 Å². The molecular weight excluding hydrogens is 256 g/mol. The van der Waals surface area contributed by atoms with Gasteiger partial charge >= 0.3 is 0 Å². The molecule has 0 saturated carbocycles. The van der Waals surface area contributed by atoms with Crippen LogP contribution in [0.25, 0.3) is 10.6 Å². The Kier molecular flexibility index (Phi) is 3.92. The van der Waals surface area contributed by atoms with Crippen molar-refractivity contribution in [3.8, 4) is 10.6 Å². The lowest BCUT2D eigenvalue weighted by molar-refractivity contribution is 0.0337. The number of aromatic nitrogens is 1. The van der Waals surface area contributed by atoms with E-state index in [-0.39, 0.29) is 0 Å². The number of hydrogen-bond acceptors (Lipinski definition) is 4. The molecule has 0 unspecified atom stereocenters. The third-order valence-electron chi connectivity index (χ3n) is 3.42. The first kappa shape index (κ1) is 12.8. The van der Waals surface area contributed by atoms with Crippen LogP contribution in [0.3, 0.4) is 0 Å². The van der Waals surface area contributed by atoms with E-state index in [4.69, 9.17) is 9.72 Å². The Morgan fingerprint density at radius 1 is 1.26 bits per heavy atom. The molecule has 0 N–H and O–H groups in total. The van der Waals surface area contributed by atoms with Gasteiger partial charge in [-0.1, -0.05) is 24.3 Å². The third-order valence-corrected chi connectivity index (χ3v) is 4.34. The van der Waals surface area contributed by atoms with Gasteiger partial charge < -0.3 is 4.74 Å². The zero-order valence-electron chi connectivity index (χ0n) is 11.1. The lowest BCUT2D eigenvalue weighted by Gasteiger charge is -2.25. The van der Waals surface area contributed by atoms with Crippen molar-refractivity contribution in [2.24, 2.45) is 0 Å². The molecule has 0 radical (unpaired) electrons. The summed E-state index contributed by atoms with van der Waals surface area (Å²) in [5.41, 5.74) is 3.71. The summed E-state index contributed by atoms with van der Waals surface area (Å²) < 4.78 is 5.37. The fourth-order valence-corrected chi connectivity index (χ4v) is 3.21. The fourth-order valence-electron chi connectivity index (χ4n) is 2.30. The van der Waals surface area contributed by atoms with Crippen molar-refractivity contribution in [3.63, 3.8) is 0 Å². The number of hydrogen-bond donors (Lipinski definition) is 0. The molecule has 1 saturated heterocycles. The molecule has 0 atom stereocenters. The van der Waals surface area contributed by atoms with E-state index < -0.39 is 0 Å².